The Hall–Kier alpha value is -1.51. The molecule has 3 nitrogen and oxygen atoms in total. The number of hydrogen-bond donors (Lipinski definition) is 2. The molecule has 92 valence electrons. The second-order valence-electron chi connectivity index (χ2n) is 5.29. The maximum atomic E-state index is 4.02. The van der Waals surface area contributed by atoms with E-state index in [9.17, 15) is 0 Å². The maximum Gasteiger partial charge on any atom is 0.0651 e. The lowest BCUT2D eigenvalue weighted by Gasteiger charge is -2.15. The molecule has 1 aromatic heterocycles. The predicted molar refractivity (Wildman–Crippen MR) is 73.2 cm³/mol. The lowest BCUT2D eigenvalue weighted by Crippen LogP contribution is -2.13. The Morgan fingerprint density at radius 2 is 2.12 bits per heavy atom. The number of anilines is 1. The molecule has 0 aliphatic rings. The summed E-state index contributed by atoms with van der Waals surface area (Å²) in [5.41, 5.74) is 2.26. The number of hydrogen-bond acceptors (Lipinski definition) is 2. The zero-order valence-electron chi connectivity index (χ0n) is 10.8. The summed E-state index contributed by atoms with van der Waals surface area (Å²) >= 11 is 0. The van der Waals surface area contributed by atoms with Crippen molar-refractivity contribution in [1.82, 2.24) is 10.2 Å². The lowest BCUT2D eigenvalue weighted by atomic mass is 9.99. The zero-order chi connectivity index (χ0) is 12.3. The van der Waals surface area contributed by atoms with Crippen LogP contribution >= 0.6 is 0 Å². The lowest BCUT2D eigenvalue weighted by molar-refractivity contribution is 0.455. The van der Waals surface area contributed by atoms with Gasteiger partial charge in [0.15, 0.2) is 0 Å². The molecule has 0 bridgehead atoms. The van der Waals surface area contributed by atoms with Crippen LogP contribution in [0.15, 0.2) is 24.4 Å². The third-order valence-electron chi connectivity index (χ3n) is 2.97. The van der Waals surface area contributed by atoms with Gasteiger partial charge < -0.3 is 5.32 Å². The van der Waals surface area contributed by atoms with E-state index in [-0.39, 0.29) is 0 Å². The minimum absolute atomic E-state index is 0.704. The van der Waals surface area contributed by atoms with Gasteiger partial charge in [0.05, 0.1) is 11.7 Å². The molecule has 0 aliphatic heterocycles. The monoisotopic (exact) mass is 231 g/mol. The van der Waals surface area contributed by atoms with Gasteiger partial charge in [0.2, 0.25) is 0 Å². The molecule has 1 unspecified atom stereocenters. The Morgan fingerprint density at radius 3 is 2.88 bits per heavy atom. The quantitative estimate of drug-likeness (QED) is 0.824. The van der Waals surface area contributed by atoms with E-state index >= 15 is 0 Å². The summed E-state index contributed by atoms with van der Waals surface area (Å²) in [6, 6.07) is 6.31. The number of benzene rings is 1. The number of nitrogens with zero attached hydrogens (tertiary/aromatic N) is 1. The van der Waals surface area contributed by atoms with Crippen molar-refractivity contribution in [3.05, 3.63) is 24.4 Å². The van der Waals surface area contributed by atoms with Gasteiger partial charge in [-0.05, 0) is 36.5 Å². The number of H-pyrrole nitrogens is 1. The van der Waals surface area contributed by atoms with E-state index in [0.717, 1.165) is 23.4 Å². The van der Waals surface area contributed by atoms with Crippen LogP contribution in [0.4, 0.5) is 5.69 Å². The van der Waals surface area contributed by atoms with Gasteiger partial charge in [-0.15, -0.1) is 0 Å². The van der Waals surface area contributed by atoms with E-state index in [2.05, 4.69) is 54.5 Å². The zero-order valence-corrected chi connectivity index (χ0v) is 10.8. The van der Waals surface area contributed by atoms with Crippen LogP contribution in [-0.2, 0) is 0 Å². The van der Waals surface area contributed by atoms with Gasteiger partial charge >= 0.3 is 0 Å². The summed E-state index contributed by atoms with van der Waals surface area (Å²) < 4.78 is 0. The number of aromatic nitrogens is 2. The molecule has 0 aliphatic carbocycles. The fraction of sp³-hybridized carbons (Fsp3) is 0.500. The van der Waals surface area contributed by atoms with Crippen molar-refractivity contribution in [2.24, 2.45) is 11.8 Å². The van der Waals surface area contributed by atoms with Crippen molar-refractivity contribution in [3.63, 3.8) is 0 Å². The summed E-state index contributed by atoms with van der Waals surface area (Å²) in [7, 11) is 0. The summed E-state index contributed by atoms with van der Waals surface area (Å²) in [6.07, 6.45) is 3.12. The molecule has 2 aromatic rings. The Kier molecular flexibility index (Phi) is 3.67. The first-order valence-corrected chi connectivity index (χ1v) is 6.32. The van der Waals surface area contributed by atoms with Gasteiger partial charge in [-0.1, -0.05) is 20.8 Å². The Bertz CT molecular complexity index is 473. The molecule has 1 heterocycles. The summed E-state index contributed by atoms with van der Waals surface area (Å²) in [5.74, 6) is 1.47. The third-order valence-corrected chi connectivity index (χ3v) is 2.97. The number of nitrogens with one attached hydrogen (secondary N) is 2. The second-order valence-corrected chi connectivity index (χ2v) is 5.29. The molecular formula is C14H21N3. The van der Waals surface area contributed by atoms with Crippen LogP contribution in [0.3, 0.4) is 0 Å². The molecule has 0 radical (unpaired) electrons. The van der Waals surface area contributed by atoms with E-state index in [1.165, 1.54) is 12.1 Å². The molecule has 0 spiro atoms. The van der Waals surface area contributed by atoms with Gasteiger partial charge in [0.1, 0.15) is 0 Å². The number of fused-ring (bicyclic) bond motifs is 1. The standard InChI is InChI=1S/C14H21N3/c1-10(2)6-11(3)8-15-13-4-5-14-12(7-13)9-16-17-14/h4-5,7,9-11,15H,6,8H2,1-3H3,(H,16,17). The molecule has 2 rings (SSSR count). The van der Waals surface area contributed by atoms with Gasteiger partial charge in [-0.2, -0.15) is 5.10 Å². The average molecular weight is 231 g/mol. The van der Waals surface area contributed by atoms with Crippen molar-refractivity contribution in [2.75, 3.05) is 11.9 Å². The number of aromatic amines is 1. The van der Waals surface area contributed by atoms with E-state index in [1.54, 1.807) is 0 Å². The maximum absolute atomic E-state index is 4.02. The van der Waals surface area contributed by atoms with Gasteiger partial charge in [-0.25, -0.2) is 0 Å². The average Bonchev–Trinajstić information content (AvgIpc) is 2.72. The SMILES string of the molecule is CC(C)CC(C)CNc1ccc2[nH]ncc2c1. The summed E-state index contributed by atoms with van der Waals surface area (Å²) in [5, 5.41) is 11.6. The molecule has 2 N–H and O–H groups in total. The Labute approximate surface area is 103 Å². The molecule has 1 aromatic carbocycles. The minimum Gasteiger partial charge on any atom is -0.385 e. The minimum atomic E-state index is 0.704. The van der Waals surface area contributed by atoms with E-state index in [4.69, 9.17) is 0 Å². The first-order chi connectivity index (χ1) is 8.15. The largest absolute Gasteiger partial charge is 0.385 e. The Balaban J connectivity index is 1.94. The first-order valence-electron chi connectivity index (χ1n) is 6.32. The summed E-state index contributed by atoms with van der Waals surface area (Å²) in [6.45, 7) is 7.87. The Morgan fingerprint density at radius 1 is 1.29 bits per heavy atom. The predicted octanol–water partition coefficient (Wildman–Crippen LogP) is 3.66. The van der Waals surface area contributed by atoms with E-state index < -0.39 is 0 Å². The highest BCUT2D eigenvalue weighted by Gasteiger charge is 2.05. The highest BCUT2D eigenvalue weighted by atomic mass is 15.1. The molecule has 17 heavy (non-hydrogen) atoms. The topological polar surface area (TPSA) is 40.7 Å². The molecule has 0 saturated heterocycles. The van der Waals surface area contributed by atoms with Crippen molar-refractivity contribution in [2.45, 2.75) is 27.2 Å². The molecule has 0 amide bonds. The van der Waals surface area contributed by atoms with Crippen LogP contribution in [0.2, 0.25) is 0 Å². The number of rotatable bonds is 5. The van der Waals surface area contributed by atoms with Crippen molar-refractivity contribution in [3.8, 4) is 0 Å². The fourth-order valence-corrected chi connectivity index (χ4v) is 2.23. The molecule has 1 atom stereocenters. The molecule has 0 fully saturated rings. The van der Waals surface area contributed by atoms with Crippen LogP contribution < -0.4 is 5.32 Å². The second kappa shape index (κ2) is 5.21. The van der Waals surface area contributed by atoms with Crippen molar-refractivity contribution < 1.29 is 0 Å². The van der Waals surface area contributed by atoms with E-state index in [1.807, 2.05) is 6.20 Å². The molecular weight excluding hydrogens is 210 g/mol. The smallest absolute Gasteiger partial charge is 0.0651 e. The third kappa shape index (κ3) is 3.22. The summed E-state index contributed by atoms with van der Waals surface area (Å²) in [4.78, 5) is 0. The van der Waals surface area contributed by atoms with E-state index in [0.29, 0.717) is 5.92 Å². The van der Waals surface area contributed by atoms with Gasteiger partial charge in [0, 0.05) is 17.6 Å². The highest BCUT2D eigenvalue weighted by Crippen LogP contribution is 2.18. The normalized spacial score (nSPS) is 13.2. The van der Waals surface area contributed by atoms with Crippen LogP contribution in [0.1, 0.15) is 27.2 Å². The van der Waals surface area contributed by atoms with Crippen LogP contribution in [0.5, 0.6) is 0 Å². The van der Waals surface area contributed by atoms with Crippen LogP contribution in [-0.4, -0.2) is 16.7 Å². The fourth-order valence-electron chi connectivity index (χ4n) is 2.23. The van der Waals surface area contributed by atoms with Gasteiger partial charge in [-0.3, -0.25) is 5.10 Å². The molecule has 0 saturated carbocycles. The van der Waals surface area contributed by atoms with Crippen LogP contribution in [0.25, 0.3) is 10.9 Å². The highest BCUT2D eigenvalue weighted by molar-refractivity contribution is 5.81. The first kappa shape index (κ1) is 12.0. The van der Waals surface area contributed by atoms with Crippen molar-refractivity contribution >= 4 is 16.6 Å². The molecule has 3 heteroatoms. The van der Waals surface area contributed by atoms with Crippen molar-refractivity contribution in [1.29, 1.82) is 0 Å². The van der Waals surface area contributed by atoms with Gasteiger partial charge in [0.25, 0.3) is 0 Å². The van der Waals surface area contributed by atoms with Crippen LogP contribution in [0, 0.1) is 11.8 Å².